The number of nitrogens with zero attached hydrogens (tertiary/aromatic N) is 1. The van der Waals surface area contributed by atoms with E-state index in [2.05, 4.69) is 10.6 Å². The summed E-state index contributed by atoms with van der Waals surface area (Å²) < 4.78 is 37.9. The third kappa shape index (κ3) is 3.87. The van der Waals surface area contributed by atoms with Crippen LogP contribution >= 0.6 is 11.3 Å². The molecule has 11 heteroatoms. The third-order valence-corrected chi connectivity index (χ3v) is 8.13. The lowest BCUT2D eigenvalue weighted by molar-refractivity contribution is 0.402. The van der Waals surface area contributed by atoms with Crippen molar-refractivity contribution in [2.45, 2.75) is 31.5 Å². The molecular formula is C19H23N3O6S2. The number of anilines is 3. The van der Waals surface area contributed by atoms with Gasteiger partial charge in [0, 0.05) is 18.5 Å². The number of furan rings is 1. The second kappa shape index (κ2) is 8.62. The highest BCUT2D eigenvalue weighted by atomic mass is 32.2. The Kier molecular flexibility index (Phi) is 6.34. The quantitative estimate of drug-likeness (QED) is 0.450. The number of methoxy groups -OCH3 is 1. The largest absolute Gasteiger partial charge is 0.492 e. The van der Waals surface area contributed by atoms with Gasteiger partial charge in [0.15, 0.2) is 9.96 Å². The SMILES string of the molecule is CCN(CC)S(=O)(=O)c1scc(Nc2c(NCc3ccc(C)o3)c(=O)c2=O)c1OC. The maximum atomic E-state index is 12.9. The predicted octanol–water partition coefficient (Wildman–Crippen LogP) is 2.64. The molecule has 9 nitrogen and oxygen atoms in total. The molecule has 0 radical (unpaired) electrons. The zero-order valence-electron chi connectivity index (χ0n) is 17.1. The first kappa shape index (κ1) is 22.1. The topological polar surface area (TPSA) is 118 Å². The van der Waals surface area contributed by atoms with E-state index in [0.29, 0.717) is 24.5 Å². The number of nitrogens with one attached hydrogen (secondary N) is 2. The fraction of sp³-hybridized carbons (Fsp3) is 0.368. The molecular weight excluding hydrogens is 430 g/mol. The van der Waals surface area contributed by atoms with Crippen LogP contribution in [0.1, 0.15) is 25.4 Å². The maximum absolute atomic E-state index is 12.9. The van der Waals surface area contributed by atoms with Crippen LogP contribution in [0.25, 0.3) is 0 Å². The second-order valence-corrected chi connectivity index (χ2v) is 9.47. The van der Waals surface area contributed by atoms with Gasteiger partial charge in [-0.1, -0.05) is 13.8 Å². The number of hydrogen-bond donors (Lipinski definition) is 2. The summed E-state index contributed by atoms with van der Waals surface area (Å²) >= 11 is 0.988. The number of aryl methyl sites for hydroxylation is 1. The summed E-state index contributed by atoms with van der Waals surface area (Å²) in [6, 6.07) is 3.57. The molecule has 0 saturated heterocycles. The van der Waals surface area contributed by atoms with E-state index in [4.69, 9.17) is 9.15 Å². The van der Waals surface area contributed by atoms with Crippen LogP contribution in [0, 0.1) is 6.92 Å². The van der Waals surface area contributed by atoms with Gasteiger partial charge in [-0.2, -0.15) is 4.31 Å². The normalized spacial score (nSPS) is 11.9. The van der Waals surface area contributed by atoms with Crippen LogP contribution in [0.2, 0.25) is 0 Å². The van der Waals surface area contributed by atoms with Crippen LogP contribution in [-0.4, -0.2) is 32.9 Å². The molecule has 3 aromatic rings. The third-order valence-electron chi connectivity index (χ3n) is 4.60. The average Bonchev–Trinajstić information content (AvgIpc) is 3.33. The van der Waals surface area contributed by atoms with Crippen LogP contribution < -0.4 is 26.2 Å². The first-order valence-corrected chi connectivity index (χ1v) is 11.6. The Morgan fingerprint density at radius 1 is 1.13 bits per heavy atom. The van der Waals surface area contributed by atoms with E-state index in [1.54, 1.807) is 38.3 Å². The van der Waals surface area contributed by atoms with E-state index in [0.717, 1.165) is 17.1 Å². The van der Waals surface area contributed by atoms with Gasteiger partial charge >= 0.3 is 0 Å². The van der Waals surface area contributed by atoms with Crippen molar-refractivity contribution in [3.05, 3.63) is 49.5 Å². The molecule has 0 aliphatic carbocycles. The fourth-order valence-corrected chi connectivity index (χ4v) is 6.02. The molecule has 0 spiro atoms. The van der Waals surface area contributed by atoms with Crippen LogP contribution in [0.4, 0.5) is 17.1 Å². The Labute approximate surface area is 178 Å². The minimum Gasteiger partial charge on any atom is -0.492 e. The van der Waals surface area contributed by atoms with Gasteiger partial charge < -0.3 is 19.8 Å². The monoisotopic (exact) mass is 453 g/mol. The van der Waals surface area contributed by atoms with E-state index in [1.165, 1.54) is 11.4 Å². The van der Waals surface area contributed by atoms with Crippen molar-refractivity contribution in [1.29, 1.82) is 0 Å². The molecule has 0 bridgehead atoms. The summed E-state index contributed by atoms with van der Waals surface area (Å²) in [7, 11) is -2.38. The molecule has 2 heterocycles. The van der Waals surface area contributed by atoms with Crippen LogP contribution in [0.5, 0.6) is 5.75 Å². The Balaban J connectivity index is 1.87. The Morgan fingerprint density at radius 2 is 1.80 bits per heavy atom. The van der Waals surface area contributed by atoms with Gasteiger partial charge in [0.05, 0.1) is 19.3 Å². The molecule has 2 aromatic heterocycles. The minimum absolute atomic E-state index is 0.0375. The number of ether oxygens (including phenoxy) is 1. The van der Waals surface area contributed by atoms with Crippen molar-refractivity contribution in [2.24, 2.45) is 0 Å². The average molecular weight is 454 g/mol. The molecule has 0 unspecified atom stereocenters. The molecule has 0 fully saturated rings. The fourth-order valence-electron chi connectivity index (χ4n) is 3.04. The molecule has 162 valence electrons. The number of sulfonamides is 1. The lowest BCUT2D eigenvalue weighted by Gasteiger charge is -2.18. The summed E-state index contributed by atoms with van der Waals surface area (Å²) in [5.41, 5.74) is -0.848. The van der Waals surface area contributed by atoms with Crippen LogP contribution in [0.15, 0.2) is 35.7 Å². The lowest BCUT2D eigenvalue weighted by Crippen LogP contribution is -2.36. The van der Waals surface area contributed by atoms with Gasteiger partial charge in [0.1, 0.15) is 22.9 Å². The summed E-state index contributed by atoms with van der Waals surface area (Å²) in [4.78, 5) is 24.1. The van der Waals surface area contributed by atoms with Gasteiger partial charge in [0.25, 0.3) is 20.9 Å². The summed E-state index contributed by atoms with van der Waals surface area (Å²) in [5, 5.41) is 7.30. The van der Waals surface area contributed by atoms with E-state index < -0.39 is 20.9 Å². The first-order chi connectivity index (χ1) is 14.2. The highest BCUT2D eigenvalue weighted by Crippen LogP contribution is 2.41. The minimum atomic E-state index is -3.74. The van der Waals surface area contributed by atoms with Crippen LogP contribution in [0.3, 0.4) is 0 Å². The molecule has 30 heavy (non-hydrogen) atoms. The molecule has 0 saturated carbocycles. The van der Waals surface area contributed by atoms with Crippen molar-refractivity contribution >= 4 is 38.4 Å². The lowest BCUT2D eigenvalue weighted by atomic mass is 10.2. The highest BCUT2D eigenvalue weighted by Gasteiger charge is 2.31. The molecule has 0 atom stereocenters. The summed E-state index contributed by atoms with van der Waals surface area (Å²) in [6.45, 7) is 6.18. The first-order valence-electron chi connectivity index (χ1n) is 9.29. The molecule has 0 aliphatic rings. The summed E-state index contributed by atoms with van der Waals surface area (Å²) in [6.07, 6.45) is 0. The van der Waals surface area contributed by atoms with E-state index >= 15 is 0 Å². The van der Waals surface area contributed by atoms with Gasteiger partial charge in [-0.25, -0.2) is 8.42 Å². The Morgan fingerprint density at radius 3 is 2.37 bits per heavy atom. The molecule has 0 aliphatic heterocycles. The van der Waals surface area contributed by atoms with Crippen molar-refractivity contribution in [2.75, 3.05) is 30.8 Å². The zero-order chi connectivity index (χ0) is 22.1. The van der Waals surface area contributed by atoms with Crippen molar-refractivity contribution < 1.29 is 17.6 Å². The maximum Gasteiger partial charge on any atom is 0.256 e. The van der Waals surface area contributed by atoms with E-state index in [9.17, 15) is 18.0 Å². The van der Waals surface area contributed by atoms with Gasteiger partial charge in [-0.05, 0) is 19.1 Å². The summed E-state index contributed by atoms with van der Waals surface area (Å²) in [5.74, 6) is 1.46. The van der Waals surface area contributed by atoms with Gasteiger partial charge in [-0.3, -0.25) is 9.59 Å². The molecule has 0 amide bonds. The zero-order valence-corrected chi connectivity index (χ0v) is 18.7. The second-order valence-electron chi connectivity index (χ2n) is 6.46. The number of rotatable bonds is 10. The molecule has 1 aromatic carbocycles. The Bertz CT molecular complexity index is 1210. The van der Waals surface area contributed by atoms with E-state index in [1.807, 2.05) is 0 Å². The molecule has 3 rings (SSSR count). The van der Waals surface area contributed by atoms with Crippen molar-refractivity contribution in [1.82, 2.24) is 4.31 Å². The van der Waals surface area contributed by atoms with Crippen molar-refractivity contribution in [3.63, 3.8) is 0 Å². The van der Waals surface area contributed by atoms with Crippen LogP contribution in [-0.2, 0) is 16.6 Å². The number of hydrogen-bond acceptors (Lipinski definition) is 9. The predicted molar refractivity (Wildman–Crippen MR) is 116 cm³/mol. The van der Waals surface area contributed by atoms with Gasteiger partial charge in [0.2, 0.25) is 0 Å². The van der Waals surface area contributed by atoms with E-state index in [-0.39, 0.29) is 27.9 Å². The van der Waals surface area contributed by atoms with Crippen molar-refractivity contribution in [3.8, 4) is 5.75 Å². The smallest absolute Gasteiger partial charge is 0.256 e. The number of thiophene rings is 1. The van der Waals surface area contributed by atoms with Gasteiger partial charge in [-0.15, -0.1) is 11.3 Å². The molecule has 2 N–H and O–H groups in total. The Hall–Kier alpha value is -2.63. The highest BCUT2D eigenvalue weighted by molar-refractivity contribution is 7.91. The standard InChI is InChI=1S/C19H23N3O6S2/c1-5-22(6-2)30(25,26)19-18(27-4)13(10-29-19)21-15-14(16(23)17(15)24)20-9-12-8-7-11(3)28-12/h7-8,10,20-21H,5-6,9H2,1-4H3.